The van der Waals surface area contributed by atoms with Crippen LogP contribution in [-0.2, 0) is 10.2 Å². The van der Waals surface area contributed by atoms with Crippen LogP contribution in [-0.4, -0.2) is 13.4 Å². The summed E-state index contributed by atoms with van der Waals surface area (Å²) in [4.78, 5) is 0.0241. The molecule has 0 aliphatic rings. The Labute approximate surface area is 91.4 Å². The van der Waals surface area contributed by atoms with E-state index in [1.165, 1.54) is 12.1 Å². The van der Waals surface area contributed by atoms with E-state index in [2.05, 4.69) is 17.4 Å². The minimum Gasteiger partial charge on any atom is -0.389 e. The standard InChI is InChI=1S/C7H8FN3O2S2/c8-5-3-4(7(9)14)1-2-6(5)11-15(10,12)13/h1-3,11H,(H2,9,14)(H2,10,12,13). The van der Waals surface area contributed by atoms with Crippen LogP contribution in [0.5, 0.6) is 0 Å². The van der Waals surface area contributed by atoms with Crippen LogP contribution in [0, 0.1) is 5.82 Å². The highest BCUT2D eigenvalue weighted by atomic mass is 32.2. The molecule has 1 rings (SSSR count). The van der Waals surface area contributed by atoms with E-state index in [4.69, 9.17) is 5.73 Å². The Balaban J connectivity index is 3.09. The van der Waals surface area contributed by atoms with Gasteiger partial charge in [-0.1, -0.05) is 12.2 Å². The number of nitrogens with two attached hydrogens (primary N) is 2. The van der Waals surface area contributed by atoms with Crippen molar-refractivity contribution < 1.29 is 12.8 Å². The summed E-state index contributed by atoms with van der Waals surface area (Å²) in [5.74, 6) is -0.797. The Morgan fingerprint density at radius 2 is 2.07 bits per heavy atom. The average Bonchev–Trinajstić information content (AvgIpc) is 2.05. The molecule has 0 amide bonds. The number of nitrogens with one attached hydrogen (secondary N) is 1. The van der Waals surface area contributed by atoms with Crippen LogP contribution in [0.1, 0.15) is 5.56 Å². The topological polar surface area (TPSA) is 98.2 Å². The van der Waals surface area contributed by atoms with Crippen molar-refractivity contribution in [1.29, 1.82) is 0 Å². The van der Waals surface area contributed by atoms with Crippen molar-refractivity contribution in [1.82, 2.24) is 0 Å². The SMILES string of the molecule is NC(=S)c1ccc(NS(N)(=O)=O)c(F)c1. The molecule has 15 heavy (non-hydrogen) atoms. The molecular formula is C7H8FN3O2S2. The lowest BCUT2D eigenvalue weighted by Gasteiger charge is -2.06. The molecule has 0 saturated carbocycles. The summed E-state index contributed by atoms with van der Waals surface area (Å²) in [6.45, 7) is 0. The Morgan fingerprint density at radius 1 is 1.47 bits per heavy atom. The predicted molar refractivity (Wildman–Crippen MR) is 59.0 cm³/mol. The van der Waals surface area contributed by atoms with Gasteiger partial charge in [0.15, 0.2) is 0 Å². The van der Waals surface area contributed by atoms with Crippen LogP contribution in [0.4, 0.5) is 10.1 Å². The third-order valence-corrected chi connectivity index (χ3v) is 2.25. The number of hydrogen-bond acceptors (Lipinski definition) is 3. The molecule has 5 nitrogen and oxygen atoms in total. The third-order valence-electron chi connectivity index (χ3n) is 1.51. The molecule has 5 N–H and O–H groups in total. The van der Waals surface area contributed by atoms with Gasteiger partial charge in [0.05, 0.1) is 5.69 Å². The summed E-state index contributed by atoms with van der Waals surface area (Å²) >= 11 is 4.62. The van der Waals surface area contributed by atoms with Crippen molar-refractivity contribution in [2.75, 3.05) is 4.72 Å². The maximum absolute atomic E-state index is 13.2. The fourth-order valence-electron chi connectivity index (χ4n) is 0.904. The molecule has 0 fully saturated rings. The normalized spacial score (nSPS) is 11.1. The van der Waals surface area contributed by atoms with Gasteiger partial charge in [0, 0.05) is 5.56 Å². The van der Waals surface area contributed by atoms with Gasteiger partial charge >= 0.3 is 0 Å². The van der Waals surface area contributed by atoms with Gasteiger partial charge in [0.25, 0.3) is 10.2 Å². The van der Waals surface area contributed by atoms with Crippen LogP contribution in [0.25, 0.3) is 0 Å². The average molecular weight is 249 g/mol. The highest BCUT2D eigenvalue weighted by molar-refractivity contribution is 7.90. The van der Waals surface area contributed by atoms with Crippen LogP contribution >= 0.6 is 12.2 Å². The van der Waals surface area contributed by atoms with E-state index in [-0.39, 0.29) is 10.7 Å². The molecular weight excluding hydrogens is 241 g/mol. The van der Waals surface area contributed by atoms with Gasteiger partial charge in [-0.25, -0.2) is 9.53 Å². The number of thiocarbonyl (C=S) groups is 1. The number of rotatable bonds is 3. The Kier molecular flexibility index (Phi) is 3.22. The number of halogens is 1. The number of hydrogen-bond donors (Lipinski definition) is 3. The van der Waals surface area contributed by atoms with Gasteiger partial charge in [-0.05, 0) is 18.2 Å². The first-order valence-corrected chi connectivity index (χ1v) is 5.65. The minimum absolute atomic E-state index is 0.0241. The molecule has 0 aromatic heterocycles. The van der Waals surface area contributed by atoms with Crippen molar-refractivity contribution in [2.24, 2.45) is 10.9 Å². The van der Waals surface area contributed by atoms with E-state index in [9.17, 15) is 12.8 Å². The molecule has 0 saturated heterocycles. The predicted octanol–water partition coefficient (Wildman–Crippen LogP) is 0.0753. The van der Waals surface area contributed by atoms with E-state index >= 15 is 0 Å². The summed E-state index contributed by atoms with van der Waals surface area (Å²) in [7, 11) is -3.99. The molecule has 0 bridgehead atoms. The Bertz CT molecular complexity index is 501. The lowest BCUT2D eigenvalue weighted by Crippen LogP contribution is -2.22. The fourth-order valence-corrected chi connectivity index (χ4v) is 1.50. The van der Waals surface area contributed by atoms with Gasteiger partial charge in [0.1, 0.15) is 10.8 Å². The zero-order valence-corrected chi connectivity index (χ0v) is 9.03. The van der Waals surface area contributed by atoms with E-state index in [1.54, 1.807) is 4.72 Å². The fraction of sp³-hybridized carbons (Fsp3) is 0. The highest BCUT2D eigenvalue weighted by Crippen LogP contribution is 2.16. The highest BCUT2D eigenvalue weighted by Gasteiger charge is 2.09. The van der Waals surface area contributed by atoms with E-state index in [0.29, 0.717) is 5.56 Å². The molecule has 0 radical (unpaired) electrons. The van der Waals surface area contributed by atoms with Crippen LogP contribution in [0.15, 0.2) is 18.2 Å². The molecule has 1 aromatic rings. The van der Waals surface area contributed by atoms with Crippen molar-refractivity contribution in [3.8, 4) is 0 Å². The largest absolute Gasteiger partial charge is 0.389 e. The summed E-state index contributed by atoms with van der Waals surface area (Å²) in [5.41, 5.74) is 5.32. The van der Waals surface area contributed by atoms with Gasteiger partial charge in [-0.3, -0.25) is 4.72 Å². The van der Waals surface area contributed by atoms with Gasteiger partial charge < -0.3 is 5.73 Å². The second-order valence-corrected chi connectivity index (χ2v) is 4.44. The van der Waals surface area contributed by atoms with Gasteiger partial charge in [-0.15, -0.1) is 0 Å². The van der Waals surface area contributed by atoms with Crippen molar-refractivity contribution in [3.63, 3.8) is 0 Å². The van der Waals surface area contributed by atoms with Crippen LogP contribution < -0.4 is 15.6 Å². The second-order valence-electron chi connectivity index (χ2n) is 2.71. The van der Waals surface area contributed by atoms with Crippen LogP contribution in [0.3, 0.4) is 0 Å². The molecule has 82 valence electrons. The third kappa shape index (κ3) is 3.42. The van der Waals surface area contributed by atoms with E-state index < -0.39 is 16.0 Å². The van der Waals surface area contributed by atoms with E-state index in [1.807, 2.05) is 0 Å². The molecule has 8 heteroatoms. The minimum atomic E-state index is -3.99. The summed E-state index contributed by atoms with van der Waals surface area (Å²) in [5, 5.41) is 4.68. The van der Waals surface area contributed by atoms with Gasteiger partial charge in [0.2, 0.25) is 0 Å². The molecule has 0 heterocycles. The zero-order valence-electron chi connectivity index (χ0n) is 7.40. The first-order chi connectivity index (χ1) is 6.79. The number of anilines is 1. The summed E-state index contributed by atoms with van der Waals surface area (Å²) < 4.78 is 36.3. The quantitative estimate of drug-likeness (QED) is 0.660. The lowest BCUT2D eigenvalue weighted by molar-refractivity contribution is 0.600. The first kappa shape index (κ1) is 11.8. The van der Waals surface area contributed by atoms with Crippen molar-refractivity contribution >= 4 is 33.1 Å². The maximum Gasteiger partial charge on any atom is 0.296 e. The molecule has 0 atom stereocenters. The second kappa shape index (κ2) is 4.09. The monoisotopic (exact) mass is 249 g/mol. The number of benzene rings is 1. The van der Waals surface area contributed by atoms with Crippen LogP contribution in [0.2, 0.25) is 0 Å². The molecule has 1 aromatic carbocycles. The molecule has 0 unspecified atom stereocenters. The molecule has 0 aliphatic carbocycles. The van der Waals surface area contributed by atoms with Crippen molar-refractivity contribution in [2.45, 2.75) is 0 Å². The maximum atomic E-state index is 13.2. The summed E-state index contributed by atoms with van der Waals surface area (Å²) in [6, 6.07) is 3.60. The van der Waals surface area contributed by atoms with E-state index in [0.717, 1.165) is 6.07 Å². The smallest absolute Gasteiger partial charge is 0.296 e. The Hall–Kier alpha value is -1.25. The van der Waals surface area contributed by atoms with Gasteiger partial charge in [-0.2, -0.15) is 8.42 Å². The lowest BCUT2D eigenvalue weighted by atomic mass is 10.2. The molecule has 0 aliphatic heterocycles. The zero-order chi connectivity index (χ0) is 11.6. The Morgan fingerprint density at radius 3 is 2.47 bits per heavy atom. The summed E-state index contributed by atoms with van der Waals surface area (Å²) in [6.07, 6.45) is 0. The first-order valence-electron chi connectivity index (χ1n) is 3.69. The van der Waals surface area contributed by atoms with Crippen molar-refractivity contribution in [3.05, 3.63) is 29.6 Å². The molecule has 0 spiro atoms.